The molecule has 0 saturated heterocycles. The van der Waals surface area contributed by atoms with Crippen LogP contribution in [-0.2, 0) is 4.79 Å². The van der Waals surface area contributed by atoms with Gasteiger partial charge in [0.1, 0.15) is 6.04 Å². The van der Waals surface area contributed by atoms with E-state index in [0.717, 1.165) is 0 Å². The van der Waals surface area contributed by atoms with Crippen LogP contribution in [0.3, 0.4) is 0 Å². The molecule has 0 fully saturated rings. The van der Waals surface area contributed by atoms with Crippen molar-refractivity contribution in [2.75, 3.05) is 19.7 Å². The molecule has 0 aliphatic carbocycles. The van der Waals surface area contributed by atoms with Crippen LogP contribution in [0.2, 0.25) is 0 Å². The van der Waals surface area contributed by atoms with E-state index in [1.54, 1.807) is 0 Å². The Kier molecular flexibility index (Phi) is 12.4. The Labute approximate surface area is 94.3 Å². The molecule has 10 N–H and O–H groups in total. The molecule has 8 nitrogen and oxygen atoms in total. The van der Waals surface area contributed by atoms with E-state index in [-0.39, 0.29) is 12.6 Å². The van der Waals surface area contributed by atoms with Crippen molar-refractivity contribution < 1.29 is 15.0 Å². The first kappa shape index (κ1) is 17.0. The normalized spacial score (nSPS) is 10.9. The lowest BCUT2D eigenvalue weighted by molar-refractivity contribution is -0.138. The van der Waals surface area contributed by atoms with Gasteiger partial charge in [-0.3, -0.25) is 9.79 Å². The third-order valence-corrected chi connectivity index (χ3v) is 1.41. The number of aliphatic hydroxyl groups is 1. The lowest BCUT2D eigenvalue weighted by Crippen LogP contribution is -2.30. The molecule has 0 amide bonds. The van der Waals surface area contributed by atoms with Crippen LogP contribution in [-0.4, -0.2) is 47.9 Å². The maximum absolute atomic E-state index is 10.2. The van der Waals surface area contributed by atoms with Crippen LogP contribution in [0.1, 0.15) is 12.8 Å². The zero-order chi connectivity index (χ0) is 13.0. The fraction of sp³-hybridized carbons (Fsp3) is 0.750. The highest BCUT2D eigenvalue weighted by Gasteiger charge is 2.09. The van der Waals surface area contributed by atoms with Gasteiger partial charge in [0.25, 0.3) is 0 Å². The fourth-order valence-electron chi connectivity index (χ4n) is 0.643. The van der Waals surface area contributed by atoms with Crippen LogP contribution >= 0.6 is 0 Å². The Bertz CT molecular complexity index is 204. The van der Waals surface area contributed by atoms with Gasteiger partial charge in [0.2, 0.25) is 0 Å². The van der Waals surface area contributed by atoms with E-state index in [2.05, 4.69) is 4.99 Å². The quantitative estimate of drug-likeness (QED) is 0.166. The zero-order valence-corrected chi connectivity index (χ0v) is 9.17. The Hall–Kier alpha value is -1.38. The summed E-state index contributed by atoms with van der Waals surface area (Å²) >= 11 is 0. The second kappa shape index (κ2) is 11.7. The van der Waals surface area contributed by atoms with Gasteiger partial charge in [0.15, 0.2) is 5.96 Å². The molecule has 0 aliphatic rings. The highest BCUT2D eigenvalue weighted by Crippen LogP contribution is 1.94. The summed E-state index contributed by atoms with van der Waals surface area (Å²) in [5.74, 6) is -0.987. The van der Waals surface area contributed by atoms with Crippen molar-refractivity contribution >= 4 is 11.9 Å². The van der Waals surface area contributed by atoms with Crippen LogP contribution in [0.4, 0.5) is 0 Å². The number of nitrogens with two attached hydrogens (primary N) is 4. The molecular formula is C8H21N5O3. The van der Waals surface area contributed by atoms with Crippen LogP contribution in [0.15, 0.2) is 4.99 Å². The summed E-state index contributed by atoms with van der Waals surface area (Å²) in [5.41, 5.74) is 20.1. The monoisotopic (exact) mass is 235 g/mol. The first-order valence-corrected chi connectivity index (χ1v) is 4.80. The Morgan fingerprint density at radius 3 is 2.19 bits per heavy atom. The molecule has 8 heteroatoms. The van der Waals surface area contributed by atoms with Gasteiger partial charge < -0.3 is 33.1 Å². The SMILES string of the molecule is NC(N)=NCCCC(N)C(=O)O.NCCO. The summed E-state index contributed by atoms with van der Waals surface area (Å²) in [7, 11) is 0. The summed E-state index contributed by atoms with van der Waals surface area (Å²) in [4.78, 5) is 13.9. The molecule has 0 radical (unpaired) electrons. The fourth-order valence-corrected chi connectivity index (χ4v) is 0.643. The average Bonchev–Trinajstić information content (AvgIpc) is 2.24. The zero-order valence-electron chi connectivity index (χ0n) is 9.17. The lowest BCUT2D eigenvalue weighted by atomic mass is 10.2. The summed E-state index contributed by atoms with van der Waals surface area (Å²) in [6, 6.07) is -0.820. The number of carboxylic acids is 1. The van der Waals surface area contributed by atoms with E-state index >= 15 is 0 Å². The van der Waals surface area contributed by atoms with E-state index in [0.29, 0.717) is 25.9 Å². The minimum Gasteiger partial charge on any atom is -0.480 e. The number of carboxylic acid groups (broad SMARTS) is 1. The number of guanidine groups is 1. The minimum atomic E-state index is -1.00. The highest BCUT2D eigenvalue weighted by atomic mass is 16.4. The van der Waals surface area contributed by atoms with Crippen molar-refractivity contribution in [3.63, 3.8) is 0 Å². The predicted molar refractivity (Wildman–Crippen MR) is 61.7 cm³/mol. The number of nitrogens with zero attached hydrogens (tertiary/aromatic N) is 1. The topological polar surface area (TPSA) is 174 Å². The molecule has 1 unspecified atom stereocenters. The Balaban J connectivity index is 0. The summed E-state index contributed by atoms with van der Waals surface area (Å²) in [6.45, 7) is 0.892. The summed E-state index contributed by atoms with van der Waals surface area (Å²) < 4.78 is 0. The molecule has 0 aromatic heterocycles. The maximum atomic E-state index is 10.2. The molecule has 0 bridgehead atoms. The molecule has 0 aromatic carbocycles. The molecule has 0 aromatic rings. The second-order valence-corrected chi connectivity index (χ2v) is 2.91. The van der Waals surface area contributed by atoms with E-state index in [1.165, 1.54) is 0 Å². The van der Waals surface area contributed by atoms with Crippen molar-refractivity contribution in [1.29, 1.82) is 0 Å². The number of aliphatic carboxylic acids is 1. The number of hydrogen-bond donors (Lipinski definition) is 6. The maximum Gasteiger partial charge on any atom is 0.320 e. The van der Waals surface area contributed by atoms with Gasteiger partial charge in [0.05, 0.1) is 6.61 Å². The standard InChI is InChI=1S/C6H14N4O2.C2H7NO/c7-4(5(11)12)2-1-3-10-6(8)9;3-1-2-4/h4H,1-3,7H2,(H,11,12)(H4,8,9,10);4H,1-3H2. The summed E-state index contributed by atoms with van der Waals surface area (Å²) in [5, 5.41) is 16.1. The number of rotatable bonds is 6. The van der Waals surface area contributed by atoms with Gasteiger partial charge in [-0.1, -0.05) is 0 Å². The van der Waals surface area contributed by atoms with Crippen molar-refractivity contribution in [3.8, 4) is 0 Å². The van der Waals surface area contributed by atoms with E-state index < -0.39 is 12.0 Å². The Morgan fingerprint density at radius 2 is 1.88 bits per heavy atom. The van der Waals surface area contributed by atoms with Crippen LogP contribution in [0.25, 0.3) is 0 Å². The van der Waals surface area contributed by atoms with Gasteiger partial charge in [-0.05, 0) is 12.8 Å². The number of carbonyl (C=O) groups is 1. The third-order valence-electron chi connectivity index (χ3n) is 1.41. The van der Waals surface area contributed by atoms with Gasteiger partial charge >= 0.3 is 5.97 Å². The third kappa shape index (κ3) is 15.1. The Morgan fingerprint density at radius 1 is 1.38 bits per heavy atom. The average molecular weight is 235 g/mol. The van der Waals surface area contributed by atoms with Crippen LogP contribution < -0.4 is 22.9 Å². The summed E-state index contributed by atoms with van der Waals surface area (Å²) in [6.07, 6.45) is 0.956. The number of hydrogen-bond acceptors (Lipinski definition) is 5. The van der Waals surface area contributed by atoms with Crippen molar-refractivity contribution in [2.45, 2.75) is 18.9 Å². The molecule has 0 rings (SSSR count). The first-order chi connectivity index (χ1) is 7.45. The van der Waals surface area contributed by atoms with Gasteiger partial charge in [-0.2, -0.15) is 0 Å². The molecule has 0 heterocycles. The minimum absolute atomic E-state index is 0.0129. The van der Waals surface area contributed by atoms with E-state index in [1.807, 2.05) is 0 Å². The lowest BCUT2D eigenvalue weighted by Gasteiger charge is -2.03. The molecule has 1 atom stereocenters. The highest BCUT2D eigenvalue weighted by molar-refractivity contribution is 5.75. The van der Waals surface area contributed by atoms with E-state index in [9.17, 15) is 4.79 Å². The van der Waals surface area contributed by atoms with Crippen LogP contribution in [0.5, 0.6) is 0 Å². The number of aliphatic hydroxyl groups excluding tert-OH is 1. The second-order valence-electron chi connectivity index (χ2n) is 2.91. The first-order valence-electron chi connectivity index (χ1n) is 4.80. The van der Waals surface area contributed by atoms with Gasteiger partial charge in [-0.15, -0.1) is 0 Å². The smallest absolute Gasteiger partial charge is 0.320 e. The molecule has 0 spiro atoms. The molecule has 0 aliphatic heterocycles. The molecule has 96 valence electrons. The largest absolute Gasteiger partial charge is 0.480 e. The van der Waals surface area contributed by atoms with Crippen molar-refractivity contribution in [3.05, 3.63) is 0 Å². The van der Waals surface area contributed by atoms with Crippen LogP contribution in [0, 0.1) is 0 Å². The number of aliphatic imine (C=N–C) groups is 1. The molecular weight excluding hydrogens is 214 g/mol. The van der Waals surface area contributed by atoms with Gasteiger partial charge in [-0.25, -0.2) is 0 Å². The van der Waals surface area contributed by atoms with Crippen molar-refractivity contribution in [1.82, 2.24) is 0 Å². The molecule has 0 saturated carbocycles. The predicted octanol–water partition coefficient (Wildman–Crippen LogP) is -2.61. The van der Waals surface area contributed by atoms with Crippen molar-refractivity contribution in [2.24, 2.45) is 27.9 Å². The molecule has 16 heavy (non-hydrogen) atoms. The van der Waals surface area contributed by atoms with E-state index in [4.69, 9.17) is 33.1 Å². The van der Waals surface area contributed by atoms with Gasteiger partial charge in [0, 0.05) is 13.1 Å².